The fourth-order valence-electron chi connectivity index (χ4n) is 4.04. The second kappa shape index (κ2) is 7.94. The Morgan fingerprint density at radius 3 is 2.67 bits per heavy atom. The van der Waals surface area contributed by atoms with Crippen molar-refractivity contribution in [1.82, 2.24) is 24.7 Å². The van der Waals surface area contributed by atoms with E-state index in [9.17, 15) is 4.79 Å². The number of amides is 1. The van der Waals surface area contributed by atoms with Gasteiger partial charge in [-0.2, -0.15) is 0 Å². The van der Waals surface area contributed by atoms with Crippen LogP contribution < -0.4 is 10.2 Å². The molecule has 1 saturated heterocycles. The van der Waals surface area contributed by atoms with Crippen LogP contribution in [0.2, 0.25) is 0 Å². The van der Waals surface area contributed by atoms with Crippen molar-refractivity contribution in [3.8, 4) is 0 Å². The first-order valence-corrected chi connectivity index (χ1v) is 10.1. The standard InChI is InChI=1S/C23H22N6O/c30-22(26-16-17-8-2-1-3-9-17)20-18-10-4-5-14-28(18)21(27-20)19-11-6-15-29(19)23-24-12-7-13-25-23/h1-5,7-10,12-14,19H,6,11,15-16H2,(H,26,30). The summed E-state index contributed by atoms with van der Waals surface area (Å²) in [5.41, 5.74) is 2.30. The van der Waals surface area contributed by atoms with Gasteiger partial charge in [-0.25, -0.2) is 15.0 Å². The van der Waals surface area contributed by atoms with Crippen molar-refractivity contribution in [2.24, 2.45) is 0 Å². The molecule has 7 heteroatoms. The number of anilines is 1. The predicted octanol–water partition coefficient (Wildman–Crippen LogP) is 3.40. The molecule has 0 spiro atoms. The fraction of sp³-hybridized carbons (Fsp3) is 0.217. The third kappa shape index (κ3) is 3.39. The molecular weight excluding hydrogens is 376 g/mol. The lowest BCUT2D eigenvalue weighted by molar-refractivity contribution is 0.0948. The Kier molecular flexibility index (Phi) is 4.85. The average Bonchev–Trinajstić information content (AvgIpc) is 3.44. The van der Waals surface area contributed by atoms with E-state index in [1.165, 1.54) is 0 Å². The SMILES string of the molecule is O=C(NCc1ccccc1)c1nc(C2CCCN2c2ncccn2)n2ccccc12. The Hall–Kier alpha value is -3.74. The molecule has 4 aromatic rings. The summed E-state index contributed by atoms with van der Waals surface area (Å²) in [4.78, 5) is 28.8. The van der Waals surface area contributed by atoms with Crippen molar-refractivity contribution in [3.63, 3.8) is 0 Å². The number of fused-ring (bicyclic) bond motifs is 1. The number of nitrogens with one attached hydrogen (secondary N) is 1. The van der Waals surface area contributed by atoms with E-state index in [-0.39, 0.29) is 11.9 Å². The number of nitrogens with zero attached hydrogens (tertiary/aromatic N) is 5. The maximum Gasteiger partial charge on any atom is 0.272 e. The number of aromatic nitrogens is 4. The summed E-state index contributed by atoms with van der Waals surface area (Å²) in [5, 5.41) is 3.00. The van der Waals surface area contributed by atoms with Gasteiger partial charge in [-0.1, -0.05) is 36.4 Å². The second-order valence-corrected chi connectivity index (χ2v) is 7.34. The van der Waals surface area contributed by atoms with E-state index in [1.54, 1.807) is 12.4 Å². The van der Waals surface area contributed by atoms with Gasteiger partial charge in [0, 0.05) is 31.7 Å². The summed E-state index contributed by atoms with van der Waals surface area (Å²) in [6.45, 7) is 1.33. The minimum Gasteiger partial charge on any atom is -0.347 e. The molecule has 1 aliphatic rings. The van der Waals surface area contributed by atoms with E-state index in [1.807, 2.05) is 65.2 Å². The van der Waals surface area contributed by atoms with Crippen molar-refractivity contribution >= 4 is 17.4 Å². The lowest BCUT2D eigenvalue weighted by Gasteiger charge is -2.23. The average molecular weight is 398 g/mol. The van der Waals surface area contributed by atoms with Crippen LogP contribution in [0.5, 0.6) is 0 Å². The highest BCUT2D eigenvalue weighted by molar-refractivity contribution is 5.99. The molecule has 30 heavy (non-hydrogen) atoms. The smallest absolute Gasteiger partial charge is 0.272 e. The third-order valence-electron chi connectivity index (χ3n) is 5.45. The number of hydrogen-bond donors (Lipinski definition) is 1. The monoisotopic (exact) mass is 398 g/mol. The quantitative estimate of drug-likeness (QED) is 0.558. The van der Waals surface area contributed by atoms with Crippen molar-refractivity contribution in [2.45, 2.75) is 25.4 Å². The molecular formula is C23H22N6O. The van der Waals surface area contributed by atoms with Gasteiger partial charge >= 0.3 is 0 Å². The zero-order valence-corrected chi connectivity index (χ0v) is 16.5. The van der Waals surface area contributed by atoms with Gasteiger partial charge in [0.15, 0.2) is 5.69 Å². The molecule has 0 bridgehead atoms. The third-order valence-corrected chi connectivity index (χ3v) is 5.45. The van der Waals surface area contributed by atoms with Crippen LogP contribution in [0.3, 0.4) is 0 Å². The number of pyridine rings is 1. The summed E-state index contributed by atoms with van der Waals surface area (Å²) >= 11 is 0. The summed E-state index contributed by atoms with van der Waals surface area (Å²) < 4.78 is 2.02. The molecule has 0 saturated carbocycles. The normalized spacial score (nSPS) is 16.1. The topological polar surface area (TPSA) is 75.4 Å². The van der Waals surface area contributed by atoms with Crippen LogP contribution in [0.4, 0.5) is 5.95 Å². The highest BCUT2D eigenvalue weighted by Crippen LogP contribution is 2.34. The molecule has 3 aromatic heterocycles. The van der Waals surface area contributed by atoms with Gasteiger partial charge in [-0.15, -0.1) is 0 Å². The Morgan fingerprint density at radius 2 is 1.83 bits per heavy atom. The first-order valence-electron chi connectivity index (χ1n) is 10.1. The highest BCUT2D eigenvalue weighted by atomic mass is 16.1. The highest BCUT2D eigenvalue weighted by Gasteiger charge is 2.32. The molecule has 5 rings (SSSR count). The summed E-state index contributed by atoms with van der Waals surface area (Å²) in [6.07, 6.45) is 7.44. The van der Waals surface area contributed by atoms with E-state index in [0.717, 1.165) is 36.3 Å². The van der Waals surface area contributed by atoms with Gasteiger partial charge in [-0.05, 0) is 36.6 Å². The molecule has 150 valence electrons. The van der Waals surface area contributed by atoms with Crippen LogP contribution in [-0.2, 0) is 6.54 Å². The van der Waals surface area contributed by atoms with Crippen molar-refractivity contribution in [1.29, 1.82) is 0 Å². The zero-order valence-electron chi connectivity index (χ0n) is 16.5. The van der Waals surface area contributed by atoms with Crippen LogP contribution in [0, 0.1) is 0 Å². The van der Waals surface area contributed by atoms with Crippen LogP contribution >= 0.6 is 0 Å². The molecule has 1 unspecified atom stereocenters. The minimum atomic E-state index is -0.172. The van der Waals surface area contributed by atoms with E-state index < -0.39 is 0 Å². The summed E-state index contributed by atoms with van der Waals surface area (Å²) in [7, 11) is 0. The van der Waals surface area contributed by atoms with Gasteiger partial charge in [-0.3, -0.25) is 4.79 Å². The molecule has 0 aliphatic carbocycles. The number of hydrogen-bond acceptors (Lipinski definition) is 5. The maximum atomic E-state index is 13.0. The van der Waals surface area contributed by atoms with E-state index >= 15 is 0 Å². The predicted molar refractivity (Wildman–Crippen MR) is 114 cm³/mol. The number of rotatable bonds is 5. The number of carbonyl (C=O) groups is 1. The van der Waals surface area contributed by atoms with Crippen LogP contribution in [0.15, 0.2) is 73.2 Å². The van der Waals surface area contributed by atoms with Gasteiger partial charge in [0.1, 0.15) is 5.82 Å². The Bertz CT molecular complexity index is 1160. The van der Waals surface area contributed by atoms with Crippen LogP contribution in [0.1, 0.15) is 40.8 Å². The molecule has 1 amide bonds. The van der Waals surface area contributed by atoms with E-state index in [0.29, 0.717) is 18.2 Å². The molecule has 4 heterocycles. The van der Waals surface area contributed by atoms with Crippen molar-refractivity contribution in [3.05, 3.63) is 90.3 Å². The number of benzene rings is 1. The van der Waals surface area contributed by atoms with Gasteiger partial charge < -0.3 is 14.6 Å². The molecule has 1 aliphatic heterocycles. The first kappa shape index (κ1) is 18.3. The first-order chi connectivity index (χ1) is 14.8. The summed E-state index contributed by atoms with van der Waals surface area (Å²) in [6, 6.07) is 17.5. The van der Waals surface area contributed by atoms with Gasteiger partial charge in [0.2, 0.25) is 5.95 Å². The summed E-state index contributed by atoms with van der Waals surface area (Å²) in [5.74, 6) is 1.37. The largest absolute Gasteiger partial charge is 0.347 e. The lowest BCUT2D eigenvalue weighted by atomic mass is 10.2. The second-order valence-electron chi connectivity index (χ2n) is 7.34. The van der Waals surface area contributed by atoms with Gasteiger partial charge in [0.05, 0.1) is 11.6 Å². The number of imidazole rings is 1. The fourth-order valence-corrected chi connectivity index (χ4v) is 4.04. The molecule has 1 atom stereocenters. The molecule has 7 nitrogen and oxygen atoms in total. The Labute approximate surface area is 174 Å². The Balaban J connectivity index is 1.47. The maximum absolute atomic E-state index is 13.0. The zero-order chi connectivity index (χ0) is 20.3. The molecule has 0 radical (unpaired) electrons. The number of carbonyl (C=O) groups excluding carboxylic acids is 1. The van der Waals surface area contributed by atoms with Crippen molar-refractivity contribution in [2.75, 3.05) is 11.4 Å². The van der Waals surface area contributed by atoms with Crippen molar-refractivity contribution < 1.29 is 4.79 Å². The molecule has 1 fully saturated rings. The lowest BCUT2D eigenvalue weighted by Crippen LogP contribution is -2.26. The van der Waals surface area contributed by atoms with E-state index in [2.05, 4.69) is 20.2 Å². The Morgan fingerprint density at radius 1 is 1.03 bits per heavy atom. The van der Waals surface area contributed by atoms with Gasteiger partial charge in [0.25, 0.3) is 5.91 Å². The molecule has 1 N–H and O–H groups in total. The minimum absolute atomic E-state index is 0.0259. The van der Waals surface area contributed by atoms with Crippen LogP contribution in [-0.4, -0.2) is 31.8 Å². The van der Waals surface area contributed by atoms with Crippen LogP contribution in [0.25, 0.3) is 5.52 Å². The van der Waals surface area contributed by atoms with E-state index in [4.69, 9.17) is 4.98 Å². The molecule has 1 aromatic carbocycles.